The average molecular weight is 1150 g/mol. The molecule has 468 valence electrons. The largest absolute Gasteiger partial charge is 0.394 e. The average Bonchev–Trinajstić information content (AvgIpc) is 3.48. The van der Waals surface area contributed by atoms with Crippen molar-refractivity contribution in [3.63, 3.8) is 0 Å². The fourth-order valence-electron chi connectivity index (χ4n) is 9.98. The highest BCUT2D eigenvalue weighted by Gasteiger charge is 2.53. The number of aliphatic hydroxyl groups excluding tert-OH is 11. The highest BCUT2D eigenvalue weighted by atomic mass is 16.8. The van der Waals surface area contributed by atoms with Crippen LogP contribution in [0.2, 0.25) is 0 Å². The van der Waals surface area contributed by atoms with E-state index >= 15 is 0 Å². The first-order chi connectivity index (χ1) is 39.3. The first-order valence-corrected chi connectivity index (χ1v) is 30.7. The highest BCUT2D eigenvalue weighted by Crippen LogP contribution is 2.33. The van der Waals surface area contributed by atoms with Gasteiger partial charge in [-0.25, -0.2) is 0 Å². The maximum absolute atomic E-state index is 13.2. The van der Waals surface area contributed by atoms with E-state index in [1.165, 1.54) is 77.0 Å². The van der Waals surface area contributed by atoms with E-state index in [1.54, 1.807) is 6.08 Å². The van der Waals surface area contributed by atoms with E-state index in [2.05, 4.69) is 79.9 Å². The molecule has 19 heteroatoms. The van der Waals surface area contributed by atoms with Gasteiger partial charge in [-0.15, -0.1) is 0 Å². The molecule has 3 saturated heterocycles. The van der Waals surface area contributed by atoms with Gasteiger partial charge in [0.05, 0.1) is 38.6 Å². The third kappa shape index (κ3) is 28.3. The summed E-state index contributed by atoms with van der Waals surface area (Å²) in [5.41, 5.74) is 0. The van der Waals surface area contributed by atoms with Gasteiger partial charge in [0.1, 0.15) is 73.2 Å². The van der Waals surface area contributed by atoms with Gasteiger partial charge in [-0.05, 0) is 64.2 Å². The lowest BCUT2D eigenvalue weighted by Gasteiger charge is -2.48. The minimum atomic E-state index is -1.98. The molecule has 0 aromatic carbocycles. The van der Waals surface area contributed by atoms with Gasteiger partial charge in [0.2, 0.25) is 5.91 Å². The number of aliphatic hydroxyl groups is 11. The third-order valence-corrected chi connectivity index (χ3v) is 15.0. The zero-order chi connectivity index (χ0) is 59.0. The quantitative estimate of drug-likeness (QED) is 0.0253. The van der Waals surface area contributed by atoms with Gasteiger partial charge >= 0.3 is 0 Å². The van der Waals surface area contributed by atoms with Crippen molar-refractivity contribution in [2.24, 2.45) is 0 Å². The fourth-order valence-corrected chi connectivity index (χ4v) is 9.98. The summed E-state index contributed by atoms with van der Waals surface area (Å²) in [6.07, 6.45) is 26.9. The van der Waals surface area contributed by atoms with Crippen LogP contribution < -0.4 is 5.32 Å². The van der Waals surface area contributed by atoms with Gasteiger partial charge in [-0.2, -0.15) is 0 Å². The summed E-state index contributed by atoms with van der Waals surface area (Å²) in [5, 5.41) is 119. The number of carbonyl (C=O) groups is 1. The molecule has 0 bridgehead atoms. The standard InChI is InChI=1S/C62H107NO18/c1-3-5-7-9-10-11-12-13-14-15-16-17-18-19-20-21-22-23-24-25-26-27-28-29-30-31-32-33-34-36-38-40-50(68)63-45(46(67)39-37-35-8-6-4-2)44-76-60-56(74)53(71)58(48(42-65)78-60)81-62-57(75)54(72)59(49(43-66)79-62)80-61-55(73)52(70)51(69)47(41-64)77-61/h5,7,10-11,13-14,16-17,19-20,37,39,45-49,51-62,64-67,69-75H,3-4,6,8-9,12,15,18,21-36,38,40-44H2,1-2H3,(H,63,68)/b7-5-,11-10-,14-13-,17-16-,20-19-,39-37+. The van der Waals surface area contributed by atoms with Crippen LogP contribution in [-0.4, -0.2) is 193 Å². The number of hydrogen-bond acceptors (Lipinski definition) is 18. The van der Waals surface area contributed by atoms with Crippen LogP contribution in [0.3, 0.4) is 0 Å². The van der Waals surface area contributed by atoms with Crippen molar-refractivity contribution in [3.8, 4) is 0 Å². The van der Waals surface area contributed by atoms with Gasteiger partial charge in [0, 0.05) is 6.42 Å². The van der Waals surface area contributed by atoms with E-state index in [0.717, 1.165) is 77.0 Å². The number of ether oxygens (including phenoxy) is 6. The van der Waals surface area contributed by atoms with Crippen LogP contribution in [0, 0.1) is 0 Å². The lowest BCUT2D eigenvalue weighted by Crippen LogP contribution is -2.66. The molecule has 0 radical (unpaired) electrons. The van der Waals surface area contributed by atoms with Crippen LogP contribution >= 0.6 is 0 Å². The third-order valence-electron chi connectivity index (χ3n) is 15.0. The van der Waals surface area contributed by atoms with Crippen molar-refractivity contribution in [1.82, 2.24) is 5.32 Å². The molecule has 0 spiro atoms. The number of allylic oxidation sites excluding steroid dienone is 11. The van der Waals surface area contributed by atoms with E-state index in [9.17, 15) is 61.0 Å². The minimum absolute atomic E-state index is 0.238. The zero-order valence-corrected chi connectivity index (χ0v) is 48.7. The molecule has 17 unspecified atom stereocenters. The number of amides is 1. The zero-order valence-electron chi connectivity index (χ0n) is 48.7. The van der Waals surface area contributed by atoms with Crippen molar-refractivity contribution < 1.29 is 89.4 Å². The Hall–Kier alpha value is -2.77. The lowest BCUT2D eigenvalue weighted by molar-refractivity contribution is -0.379. The maximum Gasteiger partial charge on any atom is 0.220 e. The minimum Gasteiger partial charge on any atom is -0.394 e. The number of hydrogen-bond donors (Lipinski definition) is 12. The number of carbonyl (C=O) groups excluding carboxylic acids is 1. The highest BCUT2D eigenvalue weighted by molar-refractivity contribution is 5.76. The Labute approximate surface area is 483 Å². The summed E-state index contributed by atoms with van der Waals surface area (Å²) in [4.78, 5) is 13.2. The van der Waals surface area contributed by atoms with Crippen molar-refractivity contribution >= 4 is 5.91 Å². The van der Waals surface area contributed by atoms with Gasteiger partial charge in [-0.1, -0.05) is 183 Å². The van der Waals surface area contributed by atoms with Gasteiger partial charge in [0.15, 0.2) is 18.9 Å². The Kier molecular flexibility index (Phi) is 40.0. The topological polar surface area (TPSA) is 307 Å². The first-order valence-electron chi connectivity index (χ1n) is 30.7. The SMILES string of the molecule is CC/C=C\C/C=C\C/C=C\C/C=C\C/C=C\CCCCCCCCCCCCCCCCCC(=O)NC(COC1OC(CO)C(OC2OC(CO)C(OC3OC(CO)C(O)C(O)C3O)C(O)C2O)C(O)C1O)C(O)/C=C/CCCCC. The smallest absolute Gasteiger partial charge is 0.220 e. The second-order valence-corrected chi connectivity index (χ2v) is 21.8. The van der Waals surface area contributed by atoms with Crippen molar-refractivity contribution in [2.75, 3.05) is 26.4 Å². The second kappa shape index (κ2) is 44.7. The Morgan fingerprint density at radius 2 is 0.852 bits per heavy atom. The van der Waals surface area contributed by atoms with Crippen molar-refractivity contribution in [1.29, 1.82) is 0 Å². The Morgan fingerprint density at radius 3 is 1.33 bits per heavy atom. The molecule has 1 amide bonds. The van der Waals surface area contributed by atoms with Crippen molar-refractivity contribution in [2.45, 2.75) is 285 Å². The van der Waals surface area contributed by atoms with E-state index < -0.39 is 124 Å². The van der Waals surface area contributed by atoms with Crippen LogP contribution in [0.5, 0.6) is 0 Å². The Morgan fingerprint density at radius 1 is 0.457 bits per heavy atom. The molecule has 0 saturated carbocycles. The maximum atomic E-state index is 13.2. The normalized spacial score (nSPS) is 30.3. The number of unbranched alkanes of at least 4 members (excludes halogenated alkanes) is 18. The summed E-state index contributed by atoms with van der Waals surface area (Å²) in [6, 6.07) is -0.971. The monoisotopic (exact) mass is 1150 g/mol. The Bertz CT molecular complexity index is 1760. The molecule has 3 heterocycles. The molecular weight excluding hydrogens is 1050 g/mol. The molecule has 17 atom stereocenters. The molecule has 12 N–H and O–H groups in total. The number of rotatable bonds is 44. The molecule has 3 fully saturated rings. The molecule has 3 aliphatic heterocycles. The van der Waals surface area contributed by atoms with Crippen LogP contribution in [0.25, 0.3) is 0 Å². The second-order valence-electron chi connectivity index (χ2n) is 21.8. The molecule has 3 aliphatic rings. The summed E-state index contributed by atoms with van der Waals surface area (Å²) in [6.45, 7) is 1.46. The van der Waals surface area contributed by atoms with E-state index in [4.69, 9.17) is 28.4 Å². The van der Waals surface area contributed by atoms with Crippen LogP contribution in [0.4, 0.5) is 0 Å². The first kappa shape index (κ1) is 72.5. The molecular formula is C62H107NO18. The fraction of sp³-hybridized carbons (Fsp3) is 0.790. The molecule has 0 aliphatic carbocycles. The van der Waals surface area contributed by atoms with Gasteiger partial charge in [0.25, 0.3) is 0 Å². The lowest BCUT2D eigenvalue weighted by atomic mass is 9.96. The van der Waals surface area contributed by atoms with Crippen LogP contribution in [0.15, 0.2) is 72.9 Å². The molecule has 3 rings (SSSR count). The summed E-state index contributed by atoms with van der Waals surface area (Å²) < 4.78 is 34.1. The summed E-state index contributed by atoms with van der Waals surface area (Å²) in [5.74, 6) is -0.287. The summed E-state index contributed by atoms with van der Waals surface area (Å²) >= 11 is 0. The molecule has 81 heavy (non-hydrogen) atoms. The number of nitrogens with one attached hydrogen (secondary N) is 1. The molecule has 0 aromatic rings. The van der Waals surface area contributed by atoms with E-state index in [1.807, 2.05) is 6.08 Å². The van der Waals surface area contributed by atoms with Crippen LogP contribution in [-0.2, 0) is 33.2 Å². The predicted octanol–water partition coefficient (Wildman–Crippen LogP) is 5.82. The van der Waals surface area contributed by atoms with Crippen LogP contribution in [0.1, 0.15) is 181 Å². The van der Waals surface area contributed by atoms with Crippen molar-refractivity contribution in [3.05, 3.63) is 72.9 Å². The summed E-state index contributed by atoms with van der Waals surface area (Å²) in [7, 11) is 0. The van der Waals surface area contributed by atoms with E-state index in [0.29, 0.717) is 6.42 Å². The Balaban J connectivity index is 1.31. The molecule has 0 aromatic heterocycles. The van der Waals surface area contributed by atoms with Gasteiger partial charge in [-0.3, -0.25) is 4.79 Å². The van der Waals surface area contributed by atoms with E-state index in [-0.39, 0.29) is 18.9 Å². The molecule has 19 nitrogen and oxygen atoms in total. The predicted molar refractivity (Wildman–Crippen MR) is 309 cm³/mol. The van der Waals surface area contributed by atoms with Gasteiger partial charge < -0.3 is 89.9 Å².